The number of hydrogen-bond donors (Lipinski definition) is 3. The van der Waals surface area contributed by atoms with Crippen LogP contribution >= 0.6 is 0 Å². The first kappa shape index (κ1) is 22.8. The SMILES string of the molecule is COc1ccc(C(CC(=O)O)N2CCN(CCC(O)c3ccc4c(n3)NCCC4)C2=O)cn1. The molecule has 2 aromatic heterocycles. The monoisotopic (exact) mass is 455 g/mol. The highest BCUT2D eigenvalue weighted by molar-refractivity contribution is 5.78. The summed E-state index contributed by atoms with van der Waals surface area (Å²) in [7, 11) is 1.50. The normalized spacial score (nSPS) is 17.3. The van der Waals surface area contributed by atoms with E-state index in [0.29, 0.717) is 43.2 Å². The van der Waals surface area contributed by atoms with Crippen molar-refractivity contribution in [3.63, 3.8) is 0 Å². The lowest BCUT2D eigenvalue weighted by Crippen LogP contribution is -2.36. The van der Waals surface area contributed by atoms with E-state index in [1.165, 1.54) is 7.11 Å². The van der Waals surface area contributed by atoms with Crippen molar-refractivity contribution in [3.8, 4) is 5.88 Å². The van der Waals surface area contributed by atoms with Gasteiger partial charge in [-0.2, -0.15) is 0 Å². The van der Waals surface area contributed by atoms with Gasteiger partial charge in [0, 0.05) is 38.4 Å². The Morgan fingerprint density at radius 2 is 2.12 bits per heavy atom. The summed E-state index contributed by atoms with van der Waals surface area (Å²) in [6.45, 7) is 2.09. The highest BCUT2D eigenvalue weighted by atomic mass is 16.5. The lowest BCUT2D eigenvalue weighted by atomic mass is 10.0. The van der Waals surface area contributed by atoms with Crippen LogP contribution in [0.25, 0.3) is 0 Å². The molecule has 10 heteroatoms. The van der Waals surface area contributed by atoms with Crippen LogP contribution in [0.4, 0.5) is 10.6 Å². The minimum absolute atomic E-state index is 0.220. The summed E-state index contributed by atoms with van der Waals surface area (Å²) >= 11 is 0. The van der Waals surface area contributed by atoms with Crippen LogP contribution in [-0.4, -0.2) is 75.3 Å². The third kappa shape index (κ3) is 5.16. The quantitative estimate of drug-likeness (QED) is 0.525. The number of aromatic nitrogens is 2. The molecule has 2 aromatic rings. The molecule has 0 spiro atoms. The maximum Gasteiger partial charge on any atom is 0.320 e. The predicted molar refractivity (Wildman–Crippen MR) is 120 cm³/mol. The number of aliphatic hydroxyl groups is 1. The molecular weight excluding hydrogens is 426 g/mol. The zero-order valence-electron chi connectivity index (χ0n) is 18.6. The van der Waals surface area contributed by atoms with Gasteiger partial charge in [-0.15, -0.1) is 0 Å². The number of carboxylic acids is 1. The number of carbonyl (C=O) groups is 2. The van der Waals surface area contributed by atoms with Gasteiger partial charge in [0.25, 0.3) is 0 Å². The van der Waals surface area contributed by atoms with Gasteiger partial charge in [0.1, 0.15) is 5.82 Å². The fraction of sp³-hybridized carbons (Fsp3) is 0.478. The Bertz CT molecular complexity index is 999. The number of rotatable bonds is 9. The molecular formula is C23H29N5O5. The Kier molecular flexibility index (Phi) is 6.93. The maximum atomic E-state index is 13.1. The van der Waals surface area contributed by atoms with Crippen molar-refractivity contribution in [2.45, 2.75) is 37.8 Å². The Morgan fingerprint density at radius 1 is 1.27 bits per heavy atom. The molecule has 1 saturated heterocycles. The fourth-order valence-electron chi connectivity index (χ4n) is 4.34. The summed E-state index contributed by atoms with van der Waals surface area (Å²) in [5.41, 5.74) is 2.37. The van der Waals surface area contributed by atoms with E-state index in [1.54, 1.807) is 28.1 Å². The number of aliphatic hydroxyl groups excluding tert-OH is 1. The predicted octanol–water partition coefficient (Wildman–Crippen LogP) is 2.22. The number of nitrogens with zero attached hydrogens (tertiary/aromatic N) is 4. The van der Waals surface area contributed by atoms with Crippen molar-refractivity contribution in [3.05, 3.63) is 47.3 Å². The molecule has 1 fully saturated rings. The molecule has 0 radical (unpaired) electrons. The van der Waals surface area contributed by atoms with Gasteiger partial charge in [-0.1, -0.05) is 12.1 Å². The molecule has 10 nitrogen and oxygen atoms in total. The van der Waals surface area contributed by atoms with Gasteiger partial charge >= 0.3 is 12.0 Å². The molecule has 0 aromatic carbocycles. The molecule has 33 heavy (non-hydrogen) atoms. The molecule has 2 unspecified atom stereocenters. The average molecular weight is 456 g/mol. The highest BCUT2D eigenvalue weighted by Crippen LogP contribution is 2.30. The number of fused-ring (bicyclic) bond motifs is 1. The van der Waals surface area contributed by atoms with E-state index in [0.717, 1.165) is 30.8 Å². The summed E-state index contributed by atoms with van der Waals surface area (Å²) in [5, 5.41) is 23.3. The number of carbonyl (C=O) groups excluding carboxylic acids is 1. The van der Waals surface area contributed by atoms with Gasteiger partial charge in [0.15, 0.2) is 0 Å². The standard InChI is InChI=1S/C23H29N5O5/c1-33-20-7-5-16(14-25-20)18(13-21(30)31)28-12-11-27(23(28)32)10-8-19(29)17-6-4-15-3-2-9-24-22(15)26-17/h4-7,14,18-19,29H,2-3,8-13H2,1H3,(H,24,26)(H,30,31). The minimum atomic E-state index is -0.996. The Balaban J connectivity index is 1.40. The van der Waals surface area contributed by atoms with Crippen LogP contribution in [0.1, 0.15) is 48.2 Å². The van der Waals surface area contributed by atoms with E-state index in [9.17, 15) is 19.8 Å². The van der Waals surface area contributed by atoms with Crippen molar-refractivity contribution in [2.75, 3.05) is 38.6 Å². The van der Waals surface area contributed by atoms with Crippen LogP contribution in [0, 0.1) is 0 Å². The first-order chi connectivity index (χ1) is 16.0. The summed E-state index contributed by atoms with van der Waals surface area (Å²) in [4.78, 5) is 36.5. The Morgan fingerprint density at radius 3 is 2.85 bits per heavy atom. The number of ether oxygens (including phenoxy) is 1. The van der Waals surface area contributed by atoms with Crippen LogP contribution in [-0.2, 0) is 11.2 Å². The molecule has 2 atom stereocenters. The van der Waals surface area contributed by atoms with E-state index < -0.39 is 18.1 Å². The molecule has 2 amide bonds. The number of carboxylic acid groups (broad SMARTS) is 1. The molecule has 4 rings (SSSR count). The topological polar surface area (TPSA) is 128 Å². The van der Waals surface area contributed by atoms with E-state index in [4.69, 9.17) is 4.74 Å². The second-order valence-corrected chi connectivity index (χ2v) is 8.29. The molecule has 0 saturated carbocycles. The van der Waals surface area contributed by atoms with Gasteiger partial charge < -0.3 is 30.1 Å². The van der Waals surface area contributed by atoms with Gasteiger partial charge in [-0.25, -0.2) is 14.8 Å². The Labute approximate surface area is 192 Å². The summed E-state index contributed by atoms with van der Waals surface area (Å²) < 4.78 is 5.07. The molecule has 176 valence electrons. The number of pyridine rings is 2. The van der Waals surface area contributed by atoms with Crippen molar-refractivity contribution >= 4 is 17.8 Å². The molecule has 3 N–H and O–H groups in total. The average Bonchev–Trinajstić information content (AvgIpc) is 3.20. The first-order valence-electron chi connectivity index (χ1n) is 11.2. The van der Waals surface area contributed by atoms with Gasteiger partial charge in [-0.3, -0.25) is 4.79 Å². The van der Waals surface area contributed by atoms with E-state index in [-0.39, 0.29) is 12.5 Å². The number of amides is 2. The van der Waals surface area contributed by atoms with Gasteiger partial charge in [0.2, 0.25) is 5.88 Å². The molecule has 2 aliphatic rings. The summed E-state index contributed by atoms with van der Waals surface area (Å²) in [5.74, 6) is 0.248. The number of anilines is 1. The fourth-order valence-corrected chi connectivity index (χ4v) is 4.34. The number of urea groups is 1. The first-order valence-corrected chi connectivity index (χ1v) is 11.2. The van der Waals surface area contributed by atoms with Crippen LogP contribution in [0.5, 0.6) is 5.88 Å². The van der Waals surface area contributed by atoms with Crippen LogP contribution in [0.3, 0.4) is 0 Å². The zero-order valence-corrected chi connectivity index (χ0v) is 18.6. The van der Waals surface area contributed by atoms with Crippen molar-refractivity contribution in [1.82, 2.24) is 19.8 Å². The maximum absolute atomic E-state index is 13.1. The van der Waals surface area contributed by atoms with Crippen molar-refractivity contribution in [1.29, 1.82) is 0 Å². The third-order valence-corrected chi connectivity index (χ3v) is 6.15. The van der Waals surface area contributed by atoms with Gasteiger partial charge in [-0.05, 0) is 36.5 Å². The number of methoxy groups -OCH3 is 1. The molecule has 0 aliphatic carbocycles. The van der Waals surface area contributed by atoms with Crippen molar-refractivity contribution < 1.29 is 24.5 Å². The van der Waals surface area contributed by atoms with Crippen LogP contribution in [0.15, 0.2) is 30.5 Å². The second kappa shape index (κ2) is 10.0. The number of hydrogen-bond acceptors (Lipinski definition) is 7. The summed E-state index contributed by atoms with van der Waals surface area (Å²) in [6, 6.07) is 6.35. The number of aryl methyl sites for hydroxylation is 1. The van der Waals surface area contributed by atoms with Crippen LogP contribution in [0.2, 0.25) is 0 Å². The van der Waals surface area contributed by atoms with E-state index >= 15 is 0 Å². The number of nitrogens with one attached hydrogen (secondary N) is 1. The minimum Gasteiger partial charge on any atom is -0.481 e. The molecule has 4 heterocycles. The molecule has 2 aliphatic heterocycles. The zero-order chi connectivity index (χ0) is 23.4. The lowest BCUT2D eigenvalue weighted by Gasteiger charge is -2.27. The lowest BCUT2D eigenvalue weighted by molar-refractivity contribution is -0.138. The smallest absolute Gasteiger partial charge is 0.320 e. The molecule has 0 bridgehead atoms. The largest absolute Gasteiger partial charge is 0.481 e. The number of aliphatic carboxylic acids is 1. The van der Waals surface area contributed by atoms with Gasteiger partial charge in [0.05, 0.1) is 31.4 Å². The van der Waals surface area contributed by atoms with E-state index in [1.807, 2.05) is 12.1 Å². The van der Waals surface area contributed by atoms with E-state index in [2.05, 4.69) is 15.3 Å². The highest BCUT2D eigenvalue weighted by Gasteiger charge is 2.36. The Hall–Kier alpha value is -3.40. The summed E-state index contributed by atoms with van der Waals surface area (Å²) in [6.07, 6.45) is 2.93. The third-order valence-electron chi connectivity index (χ3n) is 6.15. The van der Waals surface area contributed by atoms with Crippen LogP contribution < -0.4 is 10.1 Å². The van der Waals surface area contributed by atoms with Crippen molar-refractivity contribution in [2.24, 2.45) is 0 Å². The second-order valence-electron chi connectivity index (χ2n) is 8.29.